The van der Waals surface area contributed by atoms with E-state index in [4.69, 9.17) is 5.11 Å². The van der Waals surface area contributed by atoms with Gasteiger partial charge in [0, 0.05) is 0 Å². The first-order valence-electron chi connectivity index (χ1n) is 2.19. The molecule has 0 fully saturated rings. The normalized spacial score (nSPS) is 11.5. The van der Waals surface area contributed by atoms with Crippen molar-refractivity contribution in [2.24, 2.45) is 0 Å². The van der Waals surface area contributed by atoms with Crippen LogP contribution in [0.1, 0.15) is 13.3 Å². The molecule has 0 radical (unpaired) electrons. The number of allylic oxidation sites excluding steroid dienone is 1. The standard InChI is InChI=1S/C5H7IO2/c1-2-4(6)3-5(7)8/h2H,3H2,1H3,(H,7,8)/b4-2+. The van der Waals surface area contributed by atoms with E-state index in [9.17, 15) is 4.79 Å². The van der Waals surface area contributed by atoms with Crippen LogP contribution in [0.3, 0.4) is 0 Å². The van der Waals surface area contributed by atoms with Crippen molar-refractivity contribution in [2.75, 3.05) is 0 Å². The molecule has 0 aromatic carbocycles. The van der Waals surface area contributed by atoms with Gasteiger partial charge in [-0.25, -0.2) is 0 Å². The zero-order chi connectivity index (χ0) is 6.57. The number of aliphatic carboxylic acids is 1. The van der Waals surface area contributed by atoms with Crippen LogP contribution in [0.25, 0.3) is 0 Å². The number of carbonyl (C=O) groups is 1. The Hall–Kier alpha value is -0.0600. The fraction of sp³-hybridized carbons (Fsp3) is 0.400. The number of halogens is 1. The fourth-order valence-corrected chi connectivity index (χ4v) is 0.573. The van der Waals surface area contributed by atoms with Crippen LogP contribution in [0, 0.1) is 0 Å². The molecule has 8 heavy (non-hydrogen) atoms. The van der Waals surface area contributed by atoms with Gasteiger partial charge in [-0.3, -0.25) is 4.79 Å². The highest BCUT2D eigenvalue weighted by molar-refractivity contribution is 14.1. The van der Waals surface area contributed by atoms with Crippen LogP contribution in [0.4, 0.5) is 0 Å². The molecule has 46 valence electrons. The summed E-state index contributed by atoms with van der Waals surface area (Å²) >= 11 is 2.00. The van der Waals surface area contributed by atoms with E-state index in [0.29, 0.717) is 0 Å². The van der Waals surface area contributed by atoms with Crippen molar-refractivity contribution in [1.29, 1.82) is 0 Å². The van der Waals surface area contributed by atoms with E-state index in [1.165, 1.54) is 0 Å². The first-order chi connectivity index (χ1) is 3.66. The molecule has 0 aromatic rings. The Labute approximate surface area is 61.7 Å². The molecule has 1 N–H and O–H groups in total. The highest BCUT2D eigenvalue weighted by atomic mass is 127. The third kappa shape index (κ3) is 4.11. The predicted octanol–water partition coefficient (Wildman–Crippen LogP) is 1.80. The molecule has 0 aliphatic carbocycles. The van der Waals surface area contributed by atoms with Gasteiger partial charge in [-0.15, -0.1) is 0 Å². The molecule has 3 heteroatoms. The summed E-state index contributed by atoms with van der Waals surface area (Å²) in [7, 11) is 0. The van der Waals surface area contributed by atoms with E-state index in [-0.39, 0.29) is 6.42 Å². The number of rotatable bonds is 2. The Morgan fingerprint density at radius 2 is 2.38 bits per heavy atom. The second-order valence-electron chi connectivity index (χ2n) is 1.31. The van der Waals surface area contributed by atoms with Crippen LogP contribution in [-0.4, -0.2) is 11.1 Å². The first kappa shape index (κ1) is 7.94. The van der Waals surface area contributed by atoms with Gasteiger partial charge in [-0.2, -0.15) is 0 Å². The third-order valence-corrected chi connectivity index (χ3v) is 1.64. The lowest BCUT2D eigenvalue weighted by Crippen LogP contribution is -1.92. The zero-order valence-electron chi connectivity index (χ0n) is 4.52. The van der Waals surface area contributed by atoms with Gasteiger partial charge in [0.15, 0.2) is 0 Å². The summed E-state index contributed by atoms with van der Waals surface area (Å²) in [5, 5.41) is 8.17. The van der Waals surface area contributed by atoms with Gasteiger partial charge in [0.1, 0.15) is 0 Å². The third-order valence-electron chi connectivity index (χ3n) is 0.633. The van der Waals surface area contributed by atoms with Crippen LogP contribution >= 0.6 is 22.6 Å². The van der Waals surface area contributed by atoms with Gasteiger partial charge >= 0.3 is 5.97 Å². The van der Waals surface area contributed by atoms with Gasteiger partial charge in [-0.1, -0.05) is 6.08 Å². The quantitative estimate of drug-likeness (QED) is 0.729. The molecule has 0 amide bonds. The van der Waals surface area contributed by atoms with Gasteiger partial charge in [0.2, 0.25) is 0 Å². The monoisotopic (exact) mass is 226 g/mol. The summed E-state index contributed by atoms with van der Waals surface area (Å²) in [6, 6.07) is 0. The van der Waals surface area contributed by atoms with Crippen LogP contribution in [0.5, 0.6) is 0 Å². The number of hydrogen-bond acceptors (Lipinski definition) is 1. The molecule has 0 saturated carbocycles. The minimum atomic E-state index is -0.771. The maximum atomic E-state index is 9.92. The molecule has 0 spiro atoms. The van der Waals surface area contributed by atoms with E-state index in [0.717, 1.165) is 3.58 Å². The van der Waals surface area contributed by atoms with Crippen molar-refractivity contribution in [1.82, 2.24) is 0 Å². The molecule has 2 nitrogen and oxygen atoms in total. The van der Waals surface area contributed by atoms with E-state index in [2.05, 4.69) is 0 Å². The molecule has 0 unspecified atom stereocenters. The molecule has 0 saturated heterocycles. The summed E-state index contributed by atoms with van der Waals surface area (Å²) in [6.45, 7) is 1.82. The number of carboxylic acid groups (broad SMARTS) is 1. The van der Waals surface area contributed by atoms with Gasteiger partial charge in [-0.05, 0) is 33.1 Å². The molecule has 0 atom stereocenters. The molecule has 0 rings (SSSR count). The van der Waals surface area contributed by atoms with E-state index >= 15 is 0 Å². The molecular formula is C5H7IO2. The molecule has 0 aliphatic heterocycles. The minimum Gasteiger partial charge on any atom is -0.481 e. The fourth-order valence-electron chi connectivity index (χ4n) is 0.247. The Morgan fingerprint density at radius 1 is 1.88 bits per heavy atom. The lowest BCUT2D eigenvalue weighted by atomic mass is 10.4. The Balaban J connectivity index is 3.56. The predicted molar refractivity (Wildman–Crippen MR) is 40.0 cm³/mol. The van der Waals surface area contributed by atoms with E-state index in [1.54, 1.807) is 6.08 Å². The largest absolute Gasteiger partial charge is 0.481 e. The van der Waals surface area contributed by atoms with Crippen LogP contribution < -0.4 is 0 Å². The Bertz CT molecular complexity index is 118. The first-order valence-corrected chi connectivity index (χ1v) is 3.27. The summed E-state index contributed by atoms with van der Waals surface area (Å²) in [5.74, 6) is -0.771. The van der Waals surface area contributed by atoms with E-state index < -0.39 is 5.97 Å². The SMILES string of the molecule is C/C=C(/I)CC(=O)O. The van der Waals surface area contributed by atoms with Crippen LogP contribution in [0.2, 0.25) is 0 Å². The van der Waals surface area contributed by atoms with Gasteiger partial charge < -0.3 is 5.11 Å². The molecule has 0 aliphatic rings. The summed E-state index contributed by atoms with van der Waals surface area (Å²) in [5.41, 5.74) is 0. The number of carboxylic acids is 1. The maximum absolute atomic E-state index is 9.92. The van der Waals surface area contributed by atoms with Crippen molar-refractivity contribution < 1.29 is 9.90 Å². The Morgan fingerprint density at radius 3 is 2.50 bits per heavy atom. The zero-order valence-corrected chi connectivity index (χ0v) is 6.68. The molecule has 0 bridgehead atoms. The highest BCUT2D eigenvalue weighted by Crippen LogP contribution is 2.09. The van der Waals surface area contributed by atoms with Gasteiger partial charge in [0.25, 0.3) is 0 Å². The summed E-state index contributed by atoms with van der Waals surface area (Å²) < 4.78 is 0.870. The van der Waals surface area contributed by atoms with Gasteiger partial charge in [0.05, 0.1) is 6.42 Å². The van der Waals surface area contributed by atoms with Crippen molar-refractivity contribution in [3.8, 4) is 0 Å². The molecule has 0 heterocycles. The number of hydrogen-bond donors (Lipinski definition) is 1. The Kier molecular flexibility index (Phi) is 3.85. The van der Waals surface area contributed by atoms with Crippen LogP contribution in [-0.2, 0) is 4.79 Å². The second kappa shape index (κ2) is 3.88. The lowest BCUT2D eigenvalue weighted by molar-refractivity contribution is -0.136. The highest BCUT2D eigenvalue weighted by Gasteiger charge is 1.96. The smallest absolute Gasteiger partial charge is 0.308 e. The topological polar surface area (TPSA) is 37.3 Å². The van der Waals surface area contributed by atoms with E-state index in [1.807, 2.05) is 29.5 Å². The average Bonchev–Trinajstić information content (AvgIpc) is 1.65. The summed E-state index contributed by atoms with van der Waals surface area (Å²) in [6.07, 6.45) is 1.94. The van der Waals surface area contributed by atoms with Crippen molar-refractivity contribution in [3.05, 3.63) is 9.66 Å². The molecule has 0 aromatic heterocycles. The lowest BCUT2D eigenvalue weighted by Gasteiger charge is -1.87. The average molecular weight is 226 g/mol. The van der Waals surface area contributed by atoms with Crippen LogP contribution in [0.15, 0.2) is 9.66 Å². The molecular weight excluding hydrogens is 219 g/mol. The summed E-state index contributed by atoms with van der Waals surface area (Å²) in [4.78, 5) is 9.92. The second-order valence-corrected chi connectivity index (χ2v) is 2.69. The maximum Gasteiger partial charge on any atom is 0.308 e. The van der Waals surface area contributed by atoms with Crippen molar-refractivity contribution in [3.63, 3.8) is 0 Å². The van der Waals surface area contributed by atoms with Crippen molar-refractivity contribution >= 4 is 28.6 Å². The minimum absolute atomic E-state index is 0.150. The van der Waals surface area contributed by atoms with Crippen molar-refractivity contribution in [2.45, 2.75) is 13.3 Å².